The Kier molecular flexibility index (Phi) is 4.83. The highest BCUT2D eigenvalue weighted by molar-refractivity contribution is 6.06. The number of ether oxygens (including phenoxy) is 1. The molecule has 0 bridgehead atoms. The molecule has 1 aromatic carbocycles. The van der Waals surface area contributed by atoms with E-state index in [2.05, 4.69) is 10.1 Å². The minimum atomic E-state index is -0.574. The van der Waals surface area contributed by atoms with Gasteiger partial charge in [-0.05, 0) is 51.5 Å². The molecule has 0 aliphatic rings. The van der Waals surface area contributed by atoms with E-state index in [4.69, 9.17) is 4.74 Å². The van der Waals surface area contributed by atoms with Crippen molar-refractivity contribution in [2.45, 2.75) is 46.8 Å². The molecular weight excluding hydrogens is 342 g/mol. The molecule has 140 valence electrons. The number of pyridine rings is 1. The first-order valence-electron chi connectivity index (χ1n) is 8.80. The number of Topliss-reactive ketones (excluding diaryl/α,β-unsaturated/α-hetero) is 1. The summed E-state index contributed by atoms with van der Waals surface area (Å²) in [7, 11) is 0. The van der Waals surface area contributed by atoms with Gasteiger partial charge in [-0.25, -0.2) is 0 Å². The van der Waals surface area contributed by atoms with Crippen molar-refractivity contribution in [1.82, 2.24) is 14.8 Å². The molecule has 0 aliphatic carbocycles. The van der Waals surface area contributed by atoms with Crippen LogP contribution in [0.3, 0.4) is 0 Å². The maximum absolute atomic E-state index is 12.2. The summed E-state index contributed by atoms with van der Waals surface area (Å²) in [6.45, 7) is 8.80. The number of ketones is 1. The first-order chi connectivity index (χ1) is 12.6. The Hall–Kier alpha value is -3.02. The number of hydrogen-bond donors (Lipinski definition) is 0. The van der Waals surface area contributed by atoms with Gasteiger partial charge >= 0.3 is 5.97 Å². The lowest BCUT2D eigenvalue weighted by Crippen LogP contribution is -2.26. The van der Waals surface area contributed by atoms with E-state index in [-0.39, 0.29) is 12.3 Å². The average Bonchev–Trinajstić information content (AvgIpc) is 2.92. The number of carbonyl (C=O) groups is 2. The van der Waals surface area contributed by atoms with Crippen LogP contribution < -0.4 is 0 Å². The van der Waals surface area contributed by atoms with Gasteiger partial charge in [-0.2, -0.15) is 5.10 Å². The summed E-state index contributed by atoms with van der Waals surface area (Å²) in [6.07, 6.45) is 1.80. The van der Waals surface area contributed by atoms with Crippen LogP contribution in [-0.4, -0.2) is 32.1 Å². The maximum atomic E-state index is 12.2. The predicted molar refractivity (Wildman–Crippen MR) is 104 cm³/mol. The summed E-state index contributed by atoms with van der Waals surface area (Å²) in [5.41, 5.74) is 3.32. The van der Waals surface area contributed by atoms with E-state index in [9.17, 15) is 9.59 Å². The largest absolute Gasteiger partial charge is 0.459 e. The minimum Gasteiger partial charge on any atom is -0.459 e. The number of rotatable bonds is 4. The lowest BCUT2D eigenvalue weighted by atomic mass is 10.0. The first-order valence-corrected chi connectivity index (χ1v) is 8.80. The zero-order valence-corrected chi connectivity index (χ0v) is 16.2. The number of benzene rings is 1. The smallest absolute Gasteiger partial charge is 0.328 e. The Labute approximate surface area is 158 Å². The molecule has 2 aromatic heterocycles. The van der Waals surface area contributed by atoms with Gasteiger partial charge in [0.25, 0.3) is 0 Å². The molecule has 2 heterocycles. The second-order valence-electron chi connectivity index (χ2n) is 7.57. The molecule has 0 saturated carbocycles. The van der Waals surface area contributed by atoms with Crippen molar-refractivity contribution in [3.05, 3.63) is 47.9 Å². The van der Waals surface area contributed by atoms with E-state index in [0.29, 0.717) is 11.1 Å². The van der Waals surface area contributed by atoms with E-state index in [1.807, 2.05) is 58.0 Å². The second-order valence-corrected chi connectivity index (χ2v) is 7.57. The van der Waals surface area contributed by atoms with Crippen molar-refractivity contribution in [3.8, 4) is 11.1 Å². The Morgan fingerprint density at radius 1 is 1.11 bits per heavy atom. The van der Waals surface area contributed by atoms with Crippen LogP contribution in [0.2, 0.25) is 0 Å². The quantitative estimate of drug-likeness (QED) is 0.517. The number of carbonyl (C=O) groups excluding carboxylic acids is 2. The monoisotopic (exact) mass is 365 g/mol. The molecule has 27 heavy (non-hydrogen) atoms. The van der Waals surface area contributed by atoms with Gasteiger partial charge in [-0.3, -0.25) is 19.3 Å². The van der Waals surface area contributed by atoms with E-state index >= 15 is 0 Å². The molecule has 0 spiro atoms. The van der Waals surface area contributed by atoms with Crippen LogP contribution in [0.5, 0.6) is 0 Å². The van der Waals surface area contributed by atoms with Gasteiger partial charge in [-0.1, -0.05) is 12.1 Å². The molecule has 0 unspecified atom stereocenters. The molecule has 0 amide bonds. The van der Waals surface area contributed by atoms with Gasteiger partial charge in [0.1, 0.15) is 17.8 Å². The van der Waals surface area contributed by atoms with Gasteiger partial charge in [0.2, 0.25) is 0 Å². The average molecular weight is 365 g/mol. The van der Waals surface area contributed by atoms with Crippen molar-refractivity contribution in [2.24, 2.45) is 0 Å². The number of aromatic nitrogens is 3. The summed E-state index contributed by atoms with van der Waals surface area (Å²) >= 11 is 0. The molecule has 6 nitrogen and oxygen atoms in total. The van der Waals surface area contributed by atoms with E-state index in [1.54, 1.807) is 6.20 Å². The fourth-order valence-electron chi connectivity index (χ4n) is 2.87. The Morgan fingerprint density at radius 2 is 1.81 bits per heavy atom. The topological polar surface area (TPSA) is 74.1 Å². The summed E-state index contributed by atoms with van der Waals surface area (Å²) < 4.78 is 6.90. The first kappa shape index (κ1) is 18.8. The van der Waals surface area contributed by atoms with Crippen LogP contribution in [0.4, 0.5) is 0 Å². The zero-order chi connectivity index (χ0) is 19.8. The fraction of sp³-hybridized carbons (Fsp3) is 0.333. The van der Waals surface area contributed by atoms with E-state index in [1.165, 1.54) is 11.6 Å². The number of fused-ring (bicyclic) bond motifs is 1. The SMILES string of the molecule is CC(=O)c1nn(CC(=O)OC(C)(C)C)c2ccc(-c3ccc(C)nc3)cc12. The van der Waals surface area contributed by atoms with Crippen LogP contribution in [0.1, 0.15) is 43.9 Å². The highest BCUT2D eigenvalue weighted by atomic mass is 16.6. The van der Waals surface area contributed by atoms with Crippen LogP contribution in [0, 0.1) is 6.92 Å². The lowest BCUT2D eigenvalue weighted by molar-refractivity contribution is -0.155. The second kappa shape index (κ2) is 6.95. The number of nitrogens with zero attached hydrogens (tertiary/aromatic N) is 3. The Morgan fingerprint density at radius 3 is 2.41 bits per heavy atom. The summed E-state index contributed by atoms with van der Waals surface area (Å²) in [4.78, 5) is 28.6. The van der Waals surface area contributed by atoms with Crippen LogP contribution in [-0.2, 0) is 16.1 Å². The Bertz CT molecular complexity index is 1010. The van der Waals surface area contributed by atoms with Gasteiger partial charge in [0.15, 0.2) is 5.78 Å². The van der Waals surface area contributed by atoms with Crippen LogP contribution >= 0.6 is 0 Å². The Balaban J connectivity index is 2.03. The number of hydrogen-bond acceptors (Lipinski definition) is 5. The predicted octanol–water partition coefficient (Wildman–Crippen LogP) is 3.95. The number of aryl methyl sites for hydroxylation is 1. The molecule has 3 rings (SSSR count). The molecule has 6 heteroatoms. The van der Waals surface area contributed by atoms with Crippen molar-refractivity contribution in [1.29, 1.82) is 0 Å². The molecule has 0 atom stereocenters. The van der Waals surface area contributed by atoms with E-state index in [0.717, 1.165) is 22.3 Å². The maximum Gasteiger partial charge on any atom is 0.328 e. The van der Waals surface area contributed by atoms with Gasteiger partial charge < -0.3 is 4.74 Å². The summed E-state index contributed by atoms with van der Waals surface area (Å²) in [6, 6.07) is 9.65. The third kappa shape index (κ3) is 4.22. The van der Waals surface area contributed by atoms with Crippen molar-refractivity contribution < 1.29 is 14.3 Å². The molecule has 0 fully saturated rings. The summed E-state index contributed by atoms with van der Waals surface area (Å²) in [5.74, 6) is -0.545. The third-order valence-corrected chi connectivity index (χ3v) is 4.03. The summed E-state index contributed by atoms with van der Waals surface area (Å²) in [5, 5.41) is 5.07. The van der Waals surface area contributed by atoms with Crippen LogP contribution in [0.15, 0.2) is 36.5 Å². The van der Waals surface area contributed by atoms with Crippen LogP contribution in [0.25, 0.3) is 22.0 Å². The lowest BCUT2D eigenvalue weighted by Gasteiger charge is -2.19. The number of esters is 1. The minimum absolute atomic E-state index is 0.0491. The van der Waals surface area contributed by atoms with E-state index < -0.39 is 11.6 Å². The molecule has 0 aliphatic heterocycles. The molecule has 0 radical (unpaired) electrons. The van der Waals surface area contributed by atoms with Crippen molar-refractivity contribution in [3.63, 3.8) is 0 Å². The van der Waals surface area contributed by atoms with Crippen molar-refractivity contribution in [2.75, 3.05) is 0 Å². The fourth-order valence-corrected chi connectivity index (χ4v) is 2.87. The molecule has 0 saturated heterocycles. The standard InChI is InChI=1S/C21H23N3O3/c1-13-6-7-16(11-22-13)15-8-9-18-17(10-15)20(14(2)25)23-24(18)12-19(26)27-21(3,4)5/h6-11H,12H2,1-5H3. The van der Waals surface area contributed by atoms with Gasteiger partial charge in [0.05, 0.1) is 5.52 Å². The molecular formula is C21H23N3O3. The molecule has 3 aromatic rings. The van der Waals surface area contributed by atoms with Crippen molar-refractivity contribution >= 4 is 22.7 Å². The van der Waals surface area contributed by atoms with Gasteiger partial charge in [-0.15, -0.1) is 0 Å². The third-order valence-electron chi connectivity index (χ3n) is 4.03. The normalized spacial score (nSPS) is 11.6. The van der Waals surface area contributed by atoms with Gasteiger partial charge in [0, 0.05) is 29.8 Å². The molecule has 0 N–H and O–H groups in total. The zero-order valence-electron chi connectivity index (χ0n) is 16.2. The highest BCUT2D eigenvalue weighted by Gasteiger charge is 2.20. The highest BCUT2D eigenvalue weighted by Crippen LogP contribution is 2.27.